The molecule has 1 aromatic heterocycles. The van der Waals surface area contributed by atoms with Gasteiger partial charge in [-0.05, 0) is 40.5 Å². The summed E-state index contributed by atoms with van der Waals surface area (Å²) in [6, 6.07) is 5.40. The van der Waals surface area contributed by atoms with Crippen molar-refractivity contribution in [3.8, 4) is 0 Å². The molecule has 0 aliphatic rings. The van der Waals surface area contributed by atoms with Crippen molar-refractivity contribution in [3.63, 3.8) is 0 Å². The van der Waals surface area contributed by atoms with E-state index in [4.69, 9.17) is 10.2 Å². The maximum Gasteiger partial charge on any atom is 0.169 e. The van der Waals surface area contributed by atoms with E-state index < -0.39 is 17.7 Å². The molecule has 1 heterocycles. The molecule has 1 aromatic carbocycles. The predicted molar refractivity (Wildman–Crippen MR) is 63.5 cm³/mol. The van der Waals surface area contributed by atoms with E-state index in [1.165, 1.54) is 19.1 Å². The Bertz CT molecular complexity index is 553. The van der Waals surface area contributed by atoms with Crippen LogP contribution in [0.2, 0.25) is 0 Å². The van der Waals surface area contributed by atoms with Gasteiger partial charge in [0.25, 0.3) is 0 Å². The van der Waals surface area contributed by atoms with Gasteiger partial charge in [-0.25, -0.2) is 8.78 Å². The van der Waals surface area contributed by atoms with E-state index in [0.29, 0.717) is 10.4 Å². The van der Waals surface area contributed by atoms with Gasteiger partial charge in [-0.3, -0.25) is 0 Å². The Morgan fingerprint density at radius 2 is 1.88 bits per heavy atom. The zero-order valence-corrected chi connectivity index (χ0v) is 10.6. The zero-order valence-electron chi connectivity index (χ0n) is 9.01. The smallest absolute Gasteiger partial charge is 0.169 e. The topological polar surface area (TPSA) is 39.2 Å². The fourth-order valence-electron chi connectivity index (χ4n) is 1.55. The Balaban J connectivity index is 2.44. The third-order valence-electron chi connectivity index (χ3n) is 2.54. The number of hydrogen-bond acceptors (Lipinski definition) is 2. The molecule has 0 saturated carbocycles. The first-order chi connectivity index (χ1) is 8.00. The Morgan fingerprint density at radius 1 is 1.18 bits per heavy atom. The van der Waals surface area contributed by atoms with Crippen molar-refractivity contribution in [2.24, 2.45) is 5.73 Å². The van der Waals surface area contributed by atoms with Gasteiger partial charge in [-0.2, -0.15) is 0 Å². The third-order valence-corrected chi connectivity index (χ3v) is 2.97. The fourth-order valence-corrected chi connectivity index (χ4v) is 1.87. The van der Waals surface area contributed by atoms with Gasteiger partial charge in [0.2, 0.25) is 0 Å². The van der Waals surface area contributed by atoms with E-state index in [1.54, 1.807) is 12.1 Å². The number of benzene rings is 1. The molecule has 90 valence electrons. The summed E-state index contributed by atoms with van der Waals surface area (Å²) in [6.45, 7) is 1.50. The Hall–Kier alpha value is -1.20. The van der Waals surface area contributed by atoms with Crippen molar-refractivity contribution in [1.82, 2.24) is 0 Å². The molecule has 0 amide bonds. The first-order valence-electron chi connectivity index (χ1n) is 4.96. The van der Waals surface area contributed by atoms with E-state index >= 15 is 0 Å². The number of nitrogens with two attached hydrogens (primary N) is 1. The number of aryl methyl sites for hydroxylation is 1. The van der Waals surface area contributed by atoms with Crippen LogP contribution in [0, 0.1) is 18.6 Å². The molecule has 2 aromatic rings. The minimum Gasteiger partial charge on any atom is -0.452 e. The van der Waals surface area contributed by atoms with Crippen LogP contribution < -0.4 is 5.73 Å². The molecule has 0 aliphatic heterocycles. The monoisotopic (exact) mass is 301 g/mol. The first-order valence-corrected chi connectivity index (χ1v) is 5.75. The normalized spacial score (nSPS) is 12.8. The van der Waals surface area contributed by atoms with Crippen molar-refractivity contribution >= 4 is 15.9 Å². The third kappa shape index (κ3) is 2.25. The predicted octanol–water partition coefficient (Wildman–Crippen LogP) is 3.68. The van der Waals surface area contributed by atoms with Crippen LogP contribution in [0.3, 0.4) is 0 Å². The van der Waals surface area contributed by atoms with Crippen LogP contribution in [-0.2, 0) is 0 Å². The number of halogens is 3. The van der Waals surface area contributed by atoms with Gasteiger partial charge in [0.1, 0.15) is 5.76 Å². The highest BCUT2D eigenvalue weighted by molar-refractivity contribution is 9.10. The molecule has 0 bridgehead atoms. The quantitative estimate of drug-likeness (QED) is 0.919. The van der Waals surface area contributed by atoms with Crippen molar-refractivity contribution in [2.45, 2.75) is 13.0 Å². The molecule has 2 N–H and O–H groups in total. The lowest BCUT2D eigenvalue weighted by atomic mass is 10.0. The van der Waals surface area contributed by atoms with Crippen molar-refractivity contribution < 1.29 is 13.2 Å². The molecule has 0 saturated heterocycles. The maximum absolute atomic E-state index is 13.7. The number of rotatable bonds is 2. The fraction of sp³-hybridized carbons (Fsp3) is 0.167. The molecule has 1 unspecified atom stereocenters. The lowest BCUT2D eigenvalue weighted by Gasteiger charge is -2.11. The van der Waals surface area contributed by atoms with Gasteiger partial charge in [0.05, 0.1) is 6.04 Å². The van der Waals surface area contributed by atoms with E-state index in [-0.39, 0.29) is 11.1 Å². The average molecular weight is 302 g/mol. The average Bonchev–Trinajstić information content (AvgIpc) is 2.72. The Kier molecular flexibility index (Phi) is 3.31. The highest BCUT2D eigenvalue weighted by atomic mass is 79.9. The van der Waals surface area contributed by atoms with Gasteiger partial charge in [0, 0.05) is 5.56 Å². The molecular weight excluding hydrogens is 292 g/mol. The molecule has 0 fully saturated rings. The molecule has 0 radical (unpaired) electrons. The highest BCUT2D eigenvalue weighted by Gasteiger charge is 2.20. The van der Waals surface area contributed by atoms with Crippen LogP contribution in [0.15, 0.2) is 33.4 Å². The second-order valence-electron chi connectivity index (χ2n) is 3.72. The standard InChI is InChI=1S/C12H10BrF2NO/c1-6-2-3-7(11(15)10(6)14)12(16)8-4-5-9(13)17-8/h2-5,12H,16H2,1H3. The lowest BCUT2D eigenvalue weighted by molar-refractivity contribution is 0.450. The van der Waals surface area contributed by atoms with Gasteiger partial charge in [-0.1, -0.05) is 12.1 Å². The van der Waals surface area contributed by atoms with Gasteiger partial charge in [0.15, 0.2) is 16.3 Å². The van der Waals surface area contributed by atoms with Gasteiger partial charge >= 0.3 is 0 Å². The summed E-state index contributed by atoms with van der Waals surface area (Å²) >= 11 is 3.13. The second kappa shape index (κ2) is 4.58. The summed E-state index contributed by atoms with van der Waals surface area (Å²) < 4.78 is 32.8. The van der Waals surface area contributed by atoms with Crippen LogP contribution >= 0.6 is 15.9 Å². The zero-order chi connectivity index (χ0) is 12.6. The Morgan fingerprint density at radius 3 is 2.47 bits per heavy atom. The van der Waals surface area contributed by atoms with Crippen LogP contribution in [-0.4, -0.2) is 0 Å². The van der Waals surface area contributed by atoms with E-state index in [2.05, 4.69) is 15.9 Å². The van der Waals surface area contributed by atoms with Gasteiger partial charge in [-0.15, -0.1) is 0 Å². The summed E-state index contributed by atoms with van der Waals surface area (Å²) in [5.41, 5.74) is 6.16. The van der Waals surface area contributed by atoms with Crippen molar-refractivity contribution in [3.05, 3.63) is 57.5 Å². The maximum atomic E-state index is 13.7. The molecule has 17 heavy (non-hydrogen) atoms. The largest absolute Gasteiger partial charge is 0.452 e. The minimum absolute atomic E-state index is 0.0787. The molecule has 5 heteroatoms. The minimum atomic E-state index is -0.926. The van der Waals surface area contributed by atoms with Crippen LogP contribution in [0.4, 0.5) is 8.78 Å². The highest BCUT2D eigenvalue weighted by Crippen LogP contribution is 2.27. The first kappa shape index (κ1) is 12.3. The summed E-state index contributed by atoms with van der Waals surface area (Å²) in [6.07, 6.45) is 0. The van der Waals surface area contributed by atoms with Crippen molar-refractivity contribution in [2.75, 3.05) is 0 Å². The van der Waals surface area contributed by atoms with Crippen LogP contribution in [0.5, 0.6) is 0 Å². The summed E-state index contributed by atoms with van der Waals surface area (Å²) in [5, 5.41) is 0. The Labute approximate surface area is 106 Å². The van der Waals surface area contributed by atoms with E-state index in [9.17, 15) is 8.78 Å². The summed E-state index contributed by atoms with van der Waals surface area (Å²) in [7, 11) is 0. The molecule has 1 atom stereocenters. The van der Waals surface area contributed by atoms with E-state index in [0.717, 1.165) is 0 Å². The SMILES string of the molecule is Cc1ccc(C(N)c2ccc(Br)o2)c(F)c1F. The lowest BCUT2D eigenvalue weighted by Crippen LogP contribution is -2.14. The molecule has 0 aliphatic carbocycles. The molecule has 2 rings (SSSR count). The van der Waals surface area contributed by atoms with Crippen molar-refractivity contribution in [1.29, 1.82) is 0 Å². The number of furan rings is 1. The van der Waals surface area contributed by atoms with E-state index in [1.807, 2.05) is 0 Å². The second-order valence-corrected chi connectivity index (χ2v) is 4.50. The van der Waals surface area contributed by atoms with Crippen LogP contribution in [0.1, 0.15) is 22.9 Å². The molecular formula is C12H10BrF2NO. The van der Waals surface area contributed by atoms with Gasteiger partial charge < -0.3 is 10.2 Å². The molecule has 2 nitrogen and oxygen atoms in total. The summed E-state index contributed by atoms with van der Waals surface area (Å²) in [4.78, 5) is 0. The number of hydrogen-bond donors (Lipinski definition) is 1. The van der Waals surface area contributed by atoms with Crippen LogP contribution in [0.25, 0.3) is 0 Å². The molecule has 0 spiro atoms. The summed E-state index contributed by atoms with van der Waals surface area (Å²) in [5.74, 6) is -1.42.